The van der Waals surface area contributed by atoms with Gasteiger partial charge >= 0.3 is 6.18 Å². The SMILES string of the molecule is N[C@@H](c1ccc(F)c(F)c1F)[C@H](O)C(F)(F)F. The van der Waals surface area contributed by atoms with Gasteiger partial charge < -0.3 is 10.8 Å². The normalized spacial score (nSPS) is 15.8. The van der Waals surface area contributed by atoms with Gasteiger partial charge in [-0.15, -0.1) is 0 Å². The van der Waals surface area contributed by atoms with Crippen molar-refractivity contribution in [2.45, 2.75) is 18.3 Å². The van der Waals surface area contributed by atoms with E-state index in [9.17, 15) is 26.3 Å². The number of hydrogen-bond donors (Lipinski definition) is 2. The lowest BCUT2D eigenvalue weighted by molar-refractivity contribution is -0.210. The Kier molecular flexibility index (Phi) is 3.68. The van der Waals surface area contributed by atoms with E-state index in [-0.39, 0.29) is 0 Å². The number of alkyl halides is 3. The van der Waals surface area contributed by atoms with Crippen molar-refractivity contribution in [3.63, 3.8) is 0 Å². The standard InChI is InChI=1S/C9H7F6NO/c10-4-2-1-3(5(11)6(4)12)7(16)8(17)9(13,14)15/h1-2,7-8,17H,16H2/t7-,8-/m0/s1. The Morgan fingerprint density at radius 2 is 1.59 bits per heavy atom. The van der Waals surface area contributed by atoms with E-state index < -0.39 is 41.3 Å². The van der Waals surface area contributed by atoms with Gasteiger partial charge in [-0.3, -0.25) is 0 Å². The number of rotatable bonds is 2. The quantitative estimate of drug-likeness (QED) is 0.630. The molecule has 0 saturated carbocycles. The zero-order chi connectivity index (χ0) is 13.4. The van der Waals surface area contributed by atoms with E-state index in [0.29, 0.717) is 12.1 Å². The van der Waals surface area contributed by atoms with Gasteiger partial charge in [0.25, 0.3) is 0 Å². The molecule has 0 radical (unpaired) electrons. The molecule has 0 amide bonds. The molecule has 0 bridgehead atoms. The first-order valence-corrected chi connectivity index (χ1v) is 4.30. The molecule has 0 aliphatic carbocycles. The van der Waals surface area contributed by atoms with Gasteiger partial charge in [0.15, 0.2) is 23.6 Å². The summed E-state index contributed by atoms with van der Waals surface area (Å²) < 4.78 is 74.6. The van der Waals surface area contributed by atoms with E-state index in [1.807, 2.05) is 0 Å². The van der Waals surface area contributed by atoms with E-state index in [1.165, 1.54) is 0 Å². The molecule has 2 nitrogen and oxygen atoms in total. The maximum atomic E-state index is 13.1. The largest absolute Gasteiger partial charge is 0.416 e. The van der Waals surface area contributed by atoms with Crippen molar-refractivity contribution in [2.24, 2.45) is 5.73 Å². The first-order valence-electron chi connectivity index (χ1n) is 4.30. The van der Waals surface area contributed by atoms with Crippen molar-refractivity contribution in [1.82, 2.24) is 0 Å². The highest BCUT2D eigenvalue weighted by Crippen LogP contribution is 2.30. The van der Waals surface area contributed by atoms with E-state index >= 15 is 0 Å². The highest BCUT2D eigenvalue weighted by atomic mass is 19.4. The third-order valence-electron chi connectivity index (χ3n) is 2.10. The molecule has 17 heavy (non-hydrogen) atoms. The number of aliphatic hydroxyl groups is 1. The lowest BCUT2D eigenvalue weighted by Gasteiger charge is -2.22. The molecule has 0 spiro atoms. The van der Waals surface area contributed by atoms with Crippen LogP contribution in [0, 0.1) is 17.5 Å². The number of benzene rings is 1. The predicted octanol–water partition coefficient (Wildman–Crippen LogP) is 2.03. The van der Waals surface area contributed by atoms with Crippen molar-refractivity contribution < 1.29 is 31.4 Å². The van der Waals surface area contributed by atoms with Crippen LogP contribution in [0.15, 0.2) is 12.1 Å². The molecule has 0 heterocycles. The molecule has 1 aromatic carbocycles. The van der Waals surface area contributed by atoms with Crippen LogP contribution in [-0.2, 0) is 0 Å². The molecule has 0 unspecified atom stereocenters. The Balaban J connectivity index is 3.14. The third-order valence-corrected chi connectivity index (χ3v) is 2.10. The zero-order valence-corrected chi connectivity index (χ0v) is 8.10. The first-order chi connectivity index (χ1) is 7.66. The maximum absolute atomic E-state index is 13.1. The molecule has 2 atom stereocenters. The molecule has 1 aromatic rings. The Bertz CT molecular complexity index is 419. The van der Waals surface area contributed by atoms with Crippen LogP contribution in [0.5, 0.6) is 0 Å². The highest BCUT2D eigenvalue weighted by Gasteiger charge is 2.43. The van der Waals surface area contributed by atoms with Crippen LogP contribution in [0.4, 0.5) is 26.3 Å². The van der Waals surface area contributed by atoms with Crippen molar-refractivity contribution in [3.05, 3.63) is 35.1 Å². The maximum Gasteiger partial charge on any atom is 0.416 e. The van der Waals surface area contributed by atoms with Gasteiger partial charge in [0.05, 0.1) is 6.04 Å². The first kappa shape index (κ1) is 13.8. The molecule has 96 valence electrons. The summed E-state index contributed by atoms with van der Waals surface area (Å²) in [6, 6.07) is -1.26. The molecule has 8 heteroatoms. The van der Waals surface area contributed by atoms with Crippen molar-refractivity contribution in [3.8, 4) is 0 Å². The fraction of sp³-hybridized carbons (Fsp3) is 0.333. The summed E-state index contributed by atoms with van der Waals surface area (Å²) in [5, 5.41) is 8.76. The van der Waals surface area contributed by atoms with E-state index in [2.05, 4.69) is 0 Å². The molecule has 0 aromatic heterocycles. The number of halogens is 6. The second-order valence-electron chi connectivity index (χ2n) is 3.28. The minimum Gasteiger partial charge on any atom is -0.382 e. The number of aliphatic hydroxyl groups excluding tert-OH is 1. The van der Waals surface area contributed by atoms with Gasteiger partial charge in [-0.05, 0) is 6.07 Å². The number of hydrogen-bond acceptors (Lipinski definition) is 2. The summed E-state index contributed by atoms with van der Waals surface area (Å²) in [5.41, 5.74) is 4.00. The van der Waals surface area contributed by atoms with Gasteiger partial charge in [0.1, 0.15) is 0 Å². The van der Waals surface area contributed by atoms with E-state index in [1.54, 1.807) is 0 Å². The van der Waals surface area contributed by atoms with Crippen LogP contribution in [0.3, 0.4) is 0 Å². The van der Waals surface area contributed by atoms with Crippen LogP contribution in [-0.4, -0.2) is 17.4 Å². The average Bonchev–Trinajstić information content (AvgIpc) is 2.23. The van der Waals surface area contributed by atoms with Crippen LogP contribution >= 0.6 is 0 Å². The van der Waals surface area contributed by atoms with Crippen LogP contribution in [0.2, 0.25) is 0 Å². The van der Waals surface area contributed by atoms with Gasteiger partial charge in [-0.1, -0.05) is 6.07 Å². The fourth-order valence-corrected chi connectivity index (χ4v) is 1.17. The zero-order valence-electron chi connectivity index (χ0n) is 8.10. The Morgan fingerprint density at radius 3 is 2.06 bits per heavy atom. The van der Waals surface area contributed by atoms with Crippen LogP contribution < -0.4 is 5.73 Å². The van der Waals surface area contributed by atoms with Crippen LogP contribution in [0.1, 0.15) is 11.6 Å². The lowest BCUT2D eigenvalue weighted by atomic mass is 10.0. The van der Waals surface area contributed by atoms with E-state index in [0.717, 1.165) is 0 Å². The topological polar surface area (TPSA) is 46.2 Å². The van der Waals surface area contributed by atoms with Crippen molar-refractivity contribution in [1.29, 1.82) is 0 Å². The molecular formula is C9H7F6NO. The summed E-state index contributed by atoms with van der Waals surface area (Å²) in [6.07, 6.45) is -8.15. The second kappa shape index (κ2) is 4.53. The van der Waals surface area contributed by atoms with Crippen LogP contribution in [0.25, 0.3) is 0 Å². The summed E-state index contributed by atoms with van der Waals surface area (Å²) in [4.78, 5) is 0. The summed E-state index contributed by atoms with van der Waals surface area (Å²) >= 11 is 0. The molecule has 0 aliphatic rings. The highest BCUT2D eigenvalue weighted by molar-refractivity contribution is 5.24. The molecular weight excluding hydrogens is 252 g/mol. The predicted molar refractivity (Wildman–Crippen MR) is 45.3 cm³/mol. The number of nitrogens with two attached hydrogens (primary N) is 1. The average molecular weight is 259 g/mol. The fourth-order valence-electron chi connectivity index (χ4n) is 1.17. The Hall–Kier alpha value is -1.28. The Labute approximate surface area is 91.7 Å². The van der Waals surface area contributed by atoms with Gasteiger partial charge in [0, 0.05) is 5.56 Å². The smallest absolute Gasteiger partial charge is 0.382 e. The van der Waals surface area contributed by atoms with Gasteiger partial charge in [-0.25, -0.2) is 13.2 Å². The van der Waals surface area contributed by atoms with Crippen molar-refractivity contribution >= 4 is 0 Å². The molecule has 0 fully saturated rings. The lowest BCUT2D eigenvalue weighted by Crippen LogP contribution is -2.39. The minimum absolute atomic E-state index is 0.427. The minimum atomic E-state index is -5.09. The van der Waals surface area contributed by atoms with E-state index in [4.69, 9.17) is 10.8 Å². The second-order valence-corrected chi connectivity index (χ2v) is 3.28. The molecule has 0 aliphatic heterocycles. The third kappa shape index (κ3) is 2.70. The summed E-state index contributed by atoms with van der Waals surface area (Å²) in [6.45, 7) is 0. The molecule has 0 saturated heterocycles. The van der Waals surface area contributed by atoms with Crippen molar-refractivity contribution in [2.75, 3.05) is 0 Å². The Morgan fingerprint density at radius 1 is 1.06 bits per heavy atom. The summed E-state index contributed by atoms with van der Waals surface area (Å²) in [5.74, 6) is -5.34. The van der Waals surface area contributed by atoms with Gasteiger partial charge in [-0.2, -0.15) is 13.2 Å². The molecule has 3 N–H and O–H groups in total. The summed E-state index contributed by atoms with van der Waals surface area (Å²) in [7, 11) is 0. The monoisotopic (exact) mass is 259 g/mol. The molecule has 1 rings (SSSR count). The van der Waals surface area contributed by atoms with Gasteiger partial charge in [0.2, 0.25) is 0 Å².